The molecule has 0 aliphatic carbocycles. The van der Waals surface area contributed by atoms with E-state index < -0.39 is 0 Å². The highest BCUT2D eigenvalue weighted by atomic mass is 16.5. The van der Waals surface area contributed by atoms with Crippen molar-refractivity contribution in [2.75, 3.05) is 31.6 Å². The first-order valence-electron chi connectivity index (χ1n) is 7.16. The molecule has 0 spiro atoms. The van der Waals surface area contributed by atoms with E-state index >= 15 is 0 Å². The number of nitrogens with zero attached hydrogens (tertiary/aromatic N) is 1. The van der Waals surface area contributed by atoms with Gasteiger partial charge in [0, 0.05) is 18.6 Å². The molecule has 1 N–H and O–H groups in total. The Kier molecular flexibility index (Phi) is 4.35. The van der Waals surface area contributed by atoms with Crippen LogP contribution in [0, 0.1) is 6.92 Å². The first kappa shape index (κ1) is 14.2. The minimum atomic E-state index is 0.218. The molecule has 3 nitrogen and oxygen atoms in total. The van der Waals surface area contributed by atoms with E-state index in [9.17, 15) is 0 Å². The van der Waals surface area contributed by atoms with E-state index in [-0.39, 0.29) is 5.54 Å². The van der Waals surface area contributed by atoms with Crippen LogP contribution in [0.4, 0.5) is 5.69 Å². The van der Waals surface area contributed by atoms with Gasteiger partial charge in [-0.2, -0.15) is 0 Å². The summed E-state index contributed by atoms with van der Waals surface area (Å²) in [5.74, 6) is 0.983. The van der Waals surface area contributed by atoms with Crippen LogP contribution in [0.15, 0.2) is 18.2 Å². The maximum atomic E-state index is 5.52. The minimum absolute atomic E-state index is 0.218. The zero-order valence-electron chi connectivity index (χ0n) is 12.6. The quantitative estimate of drug-likeness (QED) is 0.887. The van der Waals surface area contributed by atoms with Crippen LogP contribution < -0.4 is 15.0 Å². The lowest BCUT2D eigenvalue weighted by Crippen LogP contribution is -2.46. The number of hydrogen-bond donors (Lipinski definition) is 1. The first-order valence-corrected chi connectivity index (χ1v) is 7.16. The Labute approximate surface area is 116 Å². The van der Waals surface area contributed by atoms with Gasteiger partial charge in [-0.05, 0) is 57.9 Å². The van der Waals surface area contributed by atoms with E-state index in [1.165, 1.54) is 17.7 Å². The van der Waals surface area contributed by atoms with Crippen LogP contribution in [0.25, 0.3) is 0 Å². The third-order valence-corrected chi connectivity index (χ3v) is 3.89. The molecule has 0 saturated carbocycles. The van der Waals surface area contributed by atoms with E-state index in [1.807, 2.05) is 0 Å². The summed E-state index contributed by atoms with van der Waals surface area (Å²) in [4.78, 5) is 2.47. The Bertz CT molecular complexity index is 429. The number of benzene rings is 1. The smallest absolute Gasteiger partial charge is 0.142 e. The van der Waals surface area contributed by atoms with Crippen molar-refractivity contribution in [3.8, 4) is 5.75 Å². The summed E-state index contributed by atoms with van der Waals surface area (Å²) in [5.41, 5.74) is 2.74. The molecular formula is C16H26N2O. The lowest BCUT2D eigenvalue weighted by atomic mass is 9.98. The SMILES string of the molecule is COc1ccc(C)cc1N1CCCNC(C)(C)CC1. The highest BCUT2D eigenvalue weighted by Gasteiger charge is 2.22. The summed E-state index contributed by atoms with van der Waals surface area (Å²) in [5, 5.41) is 3.61. The first-order chi connectivity index (χ1) is 9.02. The van der Waals surface area contributed by atoms with Crippen molar-refractivity contribution in [1.82, 2.24) is 5.32 Å². The molecule has 19 heavy (non-hydrogen) atoms. The molecule has 0 aromatic heterocycles. The zero-order chi connectivity index (χ0) is 13.9. The second kappa shape index (κ2) is 5.83. The zero-order valence-corrected chi connectivity index (χ0v) is 12.6. The molecule has 0 radical (unpaired) electrons. The lowest BCUT2D eigenvalue weighted by molar-refractivity contribution is 0.345. The van der Waals surface area contributed by atoms with Gasteiger partial charge in [0.25, 0.3) is 0 Å². The largest absolute Gasteiger partial charge is 0.495 e. The molecule has 1 saturated heterocycles. The van der Waals surface area contributed by atoms with Gasteiger partial charge < -0.3 is 15.0 Å². The molecule has 1 aliphatic rings. The molecule has 106 valence electrons. The second-order valence-corrected chi connectivity index (χ2v) is 6.08. The lowest BCUT2D eigenvalue weighted by Gasteiger charge is -2.35. The van der Waals surface area contributed by atoms with Crippen molar-refractivity contribution in [2.45, 2.75) is 39.2 Å². The molecule has 0 amide bonds. The summed E-state index contributed by atoms with van der Waals surface area (Å²) in [6.07, 6.45) is 2.31. The van der Waals surface area contributed by atoms with Crippen LogP contribution in [-0.2, 0) is 0 Å². The third-order valence-electron chi connectivity index (χ3n) is 3.89. The van der Waals surface area contributed by atoms with Crippen molar-refractivity contribution >= 4 is 5.69 Å². The van der Waals surface area contributed by atoms with Gasteiger partial charge in [0.05, 0.1) is 12.8 Å². The number of ether oxygens (including phenoxy) is 1. The maximum absolute atomic E-state index is 5.52. The fraction of sp³-hybridized carbons (Fsp3) is 0.625. The number of aryl methyl sites for hydroxylation is 1. The molecule has 0 unspecified atom stereocenters. The van der Waals surface area contributed by atoms with Crippen LogP contribution in [0.3, 0.4) is 0 Å². The number of rotatable bonds is 2. The Balaban J connectivity index is 2.21. The molecule has 1 aromatic rings. The average Bonchev–Trinajstić information content (AvgIpc) is 2.35. The number of anilines is 1. The summed E-state index contributed by atoms with van der Waals surface area (Å²) >= 11 is 0. The van der Waals surface area contributed by atoms with Crippen molar-refractivity contribution < 1.29 is 4.74 Å². The Morgan fingerprint density at radius 2 is 2.05 bits per heavy atom. The van der Waals surface area contributed by atoms with Crippen molar-refractivity contribution in [3.63, 3.8) is 0 Å². The molecule has 3 heteroatoms. The Morgan fingerprint density at radius 1 is 1.26 bits per heavy atom. The fourth-order valence-electron chi connectivity index (χ4n) is 2.60. The van der Waals surface area contributed by atoms with Crippen LogP contribution in [0.1, 0.15) is 32.3 Å². The van der Waals surface area contributed by atoms with E-state index in [4.69, 9.17) is 4.74 Å². The van der Waals surface area contributed by atoms with Gasteiger partial charge in [0.2, 0.25) is 0 Å². The van der Waals surface area contributed by atoms with E-state index in [0.29, 0.717) is 0 Å². The summed E-state index contributed by atoms with van der Waals surface area (Å²) in [6.45, 7) is 9.94. The molecule has 2 rings (SSSR count). The second-order valence-electron chi connectivity index (χ2n) is 6.08. The number of nitrogens with one attached hydrogen (secondary N) is 1. The van der Waals surface area contributed by atoms with Crippen molar-refractivity contribution in [3.05, 3.63) is 23.8 Å². The molecule has 1 heterocycles. The third kappa shape index (κ3) is 3.63. The van der Waals surface area contributed by atoms with Gasteiger partial charge in [-0.15, -0.1) is 0 Å². The van der Waals surface area contributed by atoms with E-state index in [0.717, 1.165) is 31.8 Å². The standard InChI is InChI=1S/C16H26N2O/c1-13-6-7-15(19-4)14(12-13)18-10-5-9-17-16(2,3)8-11-18/h6-7,12,17H,5,8-11H2,1-4H3. The average molecular weight is 262 g/mol. The van der Waals surface area contributed by atoms with Gasteiger partial charge in [-0.1, -0.05) is 6.07 Å². The van der Waals surface area contributed by atoms with Gasteiger partial charge in [0.15, 0.2) is 0 Å². The molecule has 1 fully saturated rings. The highest BCUT2D eigenvalue weighted by molar-refractivity contribution is 5.60. The molecular weight excluding hydrogens is 236 g/mol. The van der Waals surface area contributed by atoms with E-state index in [2.05, 4.69) is 49.2 Å². The molecule has 1 aromatic carbocycles. The topological polar surface area (TPSA) is 24.5 Å². The minimum Gasteiger partial charge on any atom is -0.495 e. The van der Waals surface area contributed by atoms with Crippen molar-refractivity contribution in [2.24, 2.45) is 0 Å². The predicted octanol–water partition coefficient (Wildman–Crippen LogP) is 2.97. The number of hydrogen-bond acceptors (Lipinski definition) is 3. The van der Waals surface area contributed by atoms with Crippen LogP contribution in [0.5, 0.6) is 5.75 Å². The highest BCUT2D eigenvalue weighted by Crippen LogP contribution is 2.30. The van der Waals surface area contributed by atoms with E-state index in [1.54, 1.807) is 7.11 Å². The normalized spacial score (nSPS) is 19.7. The Morgan fingerprint density at radius 3 is 2.79 bits per heavy atom. The predicted molar refractivity (Wildman–Crippen MR) is 81.3 cm³/mol. The van der Waals surface area contributed by atoms with Crippen molar-refractivity contribution in [1.29, 1.82) is 0 Å². The van der Waals surface area contributed by atoms with Gasteiger partial charge >= 0.3 is 0 Å². The van der Waals surface area contributed by atoms with Crippen LogP contribution >= 0.6 is 0 Å². The number of methoxy groups -OCH3 is 1. The summed E-state index contributed by atoms with van der Waals surface area (Å²) in [6, 6.07) is 6.42. The molecule has 1 aliphatic heterocycles. The maximum Gasteiger partial charge on any atom is 0.142 e. The summed E-state index contributed by atoms with van der Waals surface area (Å²) in [7, 11) is 1.75. The molecule has 0 atom stereocenters. The van der Waals surface area contributed by atoms with Gasteiger partial charge in [0.1, 0.15) is 5.75 Å². The summed E-state index contributed by atoms with van der Waals surface area (Å²) < 4.78 is 5.52. The molecule has 0 bridgehead atoms. The van der Waals surface area contributed by atoms with Gasteiger partial charge in [-0.3, -0.25) is 0 Å². The van der Waals surface area contributed by atoms with Gasteiger partial charge in [-0.25, -0.2) is 0 Å². The monoisotopic (exact) mass is 262 g/mol. The van der Waals surface area contributed by atoms with Crippen LogP contribution in [0.2, 0.25) is 0 Å². The fourth-order valence-corrected chi connectivity index (χ4v) is 2.60. The Hall–Kier alpha value is -1.22. The van der Waals surface area contributed by atoms with Crippen LogP contribution in [-0.4, -0.2) is 32.3 Å².